The number of hydrogen-bond donors (Lipinski definition) is 1. The van der Waals surface area contributed by atoms with Crippen LogP contribution in [0.2, 0.25) is 0 Å². The summed E-state index contributed by atoms with van der Waals surface area (Å²) < 4.78 is 49.4. The zero-order valence-corrected chi connectivity index (χ0v) is 12.5. The molecule has 1 aliphatic rings. The largest absolute Gasteiger partial charge is 0.416 e. The van der Waals surface area contributed by atoms with Crippen LogP contribution in [0.15, 0.2) is 23.1 Å². The van der Waals surface area contributed by atoms with Crippen molar-refractivity contribution in [1.82, 2.24) is 5.32 Å². The standard InChI is InChI=1S/C14H18F3NO2S/c1-19-5-4-18-7-10-2-3-11(21-12-8-20-9-12)6-13(10)14(15,16)17/h2-3,6,12,18H,4-5,7-9H2,1H3. The first-order valence-corrected chi connectivity index (χ1v) is 7.53. The maximum atomic E-state index is 13.2. The lowest BCUT2D eigenvalue weighted by Gasteiger charge is -2.25. The van der Waals surface area contributed by atoms with Crippen molar-refractivity contribution in [2.75, 3.05) is 33.5 Å². The van der Waals surface area contributed by atoms with Crippen LogP contribution in [0.4, 0.5) is 13.2 Å². The van der Waals surface area contributed by atoms with Crippen molar-refractivity contribution in [2.45, 2.75) is 22.9 Å². The smallest absolute Gasteiger partial charge is 0.383 e. The van der Waals surface area contributed by atoms with Crippen LogP contribution in [0, 0.1) is 0 Å². The topological polar surface area (TPSA) is 30.5 Å². The highest BCUT2D eigenvalue weighted by molar-refractivity contribution is 8.00. The Balaban J connectivity index is 2.07. The Bertz CT molecular complexity index is 464. The lowest BCUT2D eigenvalue weighted by Crippen LogP contribution is -2.30. The summed E-state index contributed by atoms with van der Waals surface area (Å²) in [4.78, 5) is 0.635. The quantitative estimate of drug-likeness (QED) is 0.782. The second kappa shape index (κ2) is 7.49. The van der Waals surface area contributed by atoms with Crippen LogP contribution in [0.3, 0.4) is 0 Å². The molecule has 0 spiro atoms. The Morgan fingerprint density at radius 2 is 2.14 bits per heavy atom. The molecule has 0 aliphatic carbocycles. The molecule has 0 radical (unpaired) electrons. The highest BCUT2D eigenvalue weighted by Crippen LogP contribution is 2.36. The molecule has 118 valence electrons. The number of thioether (sulfide) groups is 1. The van der Waals surface area contributed by atoms with Crippen molar-refractivity contribution < 1.29 is 22.6 Å². The van der Waals surface area contributed by atoms with E-state index in [4.69, 9.17) is 9.47 Å². The highest BCUT2D eigenvalue weighted by atomic mass is 32.2. The first-order chi connectivity index (χ1) is 10.0. The number of ether oxygens (including phenoxy) is 2. The van der Waals surface area contributed by atoms with Crippen LogP contribution in [0.1, 0.15) is 11.1 Å². The fourth-order valence-electron chi connectivity index (χ4n) is 1.92. The average molecular weight is 321 g/mol. The Morgan fingerprint density at radius 3 is 2.71 bits per heavy atom. The molecule has 0 aromatic heterocycles. The third-order valence-electron chi connectivity index (χ3n) is 3.10. The lowest BCUT2D eigenvalue weighted by molar-refractivity contribution is -0.138. The molecule has 2 rings (SSSR count). The summed E-state index contributed by atoms with van der Waals surface area (Å²) in [5.74, 6) is 0. The van der Waals surface area contributed by atoms with Gasteiger partial charge in [0.15, 0.2) is 0 Å². The van der Waals surface area contributed by atoms with Gasteiger partial charge in [-0.15, -0.1) is 11.8 Å². The molecule has 1 heterocycles. The molecule has 21 heavy (non-hydrogen) atoms. The molecule has 0 bridgehead atoms. The van der Waals surface area contributed by atoms with Crippen LogP contribution >= 0.6 is 11.8 Å². The van der Waals surface area contributed by atoms with E-state index in [1.165, 1.54) is 17.8 Å². The van der Waals surface area contributed by atoms with Gasteiger partial charge in [0.25, 0.3) is 0 Å². The van der Waals surface area contributed by atoms with Crippen molar-refractivity contribution >= 4 is 11.8 Å². The minimum Gasteiger partial charge on any atom is -0.383 e. The van der Waals surface area contributed by atoms with Gasteiger partial charge in [-0.25, -0.2) is 0 Å². The second-order valence-corrected chi connectivity index (χ2v) is 6.14. The van der Waals surface area contributed by atoms with Gasteiger partial charge in [-0.1, -0.05) is 6.07 Å². The molecule has 1 fully saturated rings. The fourth-order valence-corrected chi connectivity index (χ4v) is 2.96. The zero-order chi connectivity index (χ0) is 15.3. The summed E-state index contributed by atoms with van der Waals surface area (Å²) in [7, 11) is 1.55. The van der Waals surface area contributed by atoms with E-state index >= 15 is 0 Å². The van der Waals surface area contributed by atoms with Crippen molar-refractivity contribution in [2.24, 2.45) is 0 Å². The number of nitrogens with one attached hydrogen (secondary N) is 1. The summed E-state index contributed by atoms with van der Waals surface area (Å²) >= 11 is 1.44. The molecule has 1 aromatic carbocycles. The summed E-state index contributed by atoms with van der Waals surface area (Å²) in [6, 6.07) is 4.52. The molecule has 0 atom stereocenters. The number of halogens is 3. The van der Waals surface area contributed by atoms with Crippen molar-refractivity contribution in [1.29, 1.82) is 0 Å². The second-order valence-electron chi connectivity index (χ2n) is 4.76. The normalized spacial score (nSPS) is 16.0. The van der Waals surface area contributed by atoms with Gasteiger partial charge in [-0.3, -0.25) is 0 Å². The first-order valence-electron chi connectivity index (χ1n) is 6.65. The molecule has 0 amide bonds. The maximum absolute atomic E-state index is 13.2. The van der Waals surface area contributed by atoms with E-state index in [-0.39, 0.29) is 17.4 Å². The van der Waals surface area contributed by atoms with Gasteiger partial charge < -0.3 is 14.8 Å². The molecular formula is C14H18F3NO2S. The number of alkyl halides is 3. The first kappa shape index (κ1) is 16.6. The van der Waals surface area contributed by atoms with Crippen LogP contribution < -0.4 is 5.32 Å². The van der Waals surface area contributed by atoms with Gasteiger partial charge in [-0.05, 0) is 17.7 Å². The van der Waals surface area contributed by atoms with E-state index in [1.807, 2.05) is 0 Å². The van der Waals surface area contributed by atoms with E-state index in [0.29, 0.717) is 31.3 Å². The van der Waals surface area contributed by atoms with E-state index in [2.05, 4.69) is 5.32 Å². The van der Waals surface area contributed by atoms with Crippen LogP contribution in [-0.4, -0.2) is 38.7 Å². The molecule has 1 aromatic rings. The highest BCUT2D eigenvalue weighted by Gasteiger charge is 2.33. The van der Waals surface area contributed by atoms with Crippen molar-refractivity contribution in [3.05, 3.63) is 29.3 Å². The summed E-state index contributed by atoms with van der Waals surface area (Å²) in [6.45, 7) is 2.37. The summed E-state index contributed by atoms with van der Waals surface area (Å²) in [5, 5.41) is 3.21. The molecule has 0 unspecified atom stereocenters. The molecule has 3 nitrogen and oxygen atoms in total. The minimum absolute atomic E-state index is 0.176. The van der Waals surface area contributed by atoms with E-state index < -0.39 is 11.7 Å². The third kappa shape index (κ3) is 4.88. The SMILES string of the molecule is COCCNCc1ccc(SC2COC2)cc1C(F)(F)F. The predicted molar refractivity (Wildman–Crippen MR) is 75.5 cm³/mol. The summed E-state index contributed by atoms with van der Waals surface area (Å²) in [6.07, 6.45) is -4.34. The Morgan fingerprint density at radius 1 is 1.38 bits per heavy atom. The zero-order valence-electron chi connectivity index (χ0n) is 11.7. The predicted octanol–water partition coefficient (Wildman–Crippen LogP) is 2.93. The average Bonchev–Trinajstić information content (AvgIpc) is 2.39. The van der Waals surface area contributed by atoms with Crippen LogP contribution in [0.25, 0.3) is 0 Å². The van der Waals surface area contributed by atoms with Gasteiger partial charge in [0.2, 0.25) is 0 Å². The van der Waals surface area contributed by atoms with Crippen molar-refractivity contribution in [3.8, 4) is 0 Å². The third-order valence-corrected chi connectivity index (χ3v) is 4.23. The molecule has 1 N–H and O–H groups in total. The van der Waals surface area contributed by atoms with Gasteiger partial charge in [0, 0.05) is 25.1 Å². The lowest BCUT2D eigenvalue weighted by atomic mass is 10.1. The molecule has 7 heteroatoms. The molecule has 1 aliphatic heterocycles. The maximum Gasteiger partial charge on any atom is 0.416 e. The van der Waals surface area contributed by atoms with Gasteiger partial charge >= 0.3 is 6.18 Å². The number of hydrogen-bond acceptors (Lipinski definition) is 4. The van der Waals surface area contributed by atoms with Crippen molar-refractivity contribution in [3.63, 3.8) is 0 Å². The summed E-state index contributed by atoms with van der Waals surface area (Å²) in [5.41, 5.74) is -0.314. The number of benzene rings is 1. The van der Waals surface area contributed by atoms with Gasteiger partial charge in [-0.2, -0.15) is 13.2 Å². The van der Waals surface area contributed by atoms with Crippen LogP contribution in [0.5, 0.6) is 0 Å². The molecule has 0 saturated carbocycles. The number of methoxy groups -OCH3 is 1. The van der Waals surface area contributed by atoms with E-state index in [0.717, 1.165) is 0 Å². The van der Waals surface area contributed by atoms with Gasteiger partial charge in [0.05, 0.1) is 30.6 Å². The molecular weight excluding hydrogens is 303 g/mol. The fraction of sp³-hybridized carbons (Fsp3) is 0.571. The minimum atomic E-state index is -4.34. The monoisotopic (exact) mass is 321 g/mol. The van der Waals surface area contributed by atoms with E-state index in [9.17, 15) is 13.2 Å². The van der Waals surface area contributed by atoms with Gasteiger partial charge in [0.1, 0.15) is 0 Å². The Hall–Kier alpha value is -0.760. The van der Waals surface area contributed by atoms with Crippen LogP contribution in [-0.2, 0) is 22.2 Å². The van der Waals surface area contributed by atoms with E-state index in [1.54, 1.807) is 19.2 Å². The number of rotatable bonds is 7. The molecule has 1 saturated heterocycles. The Labute approximate surface area is 126 Å². The Kier molecular flexibility index (Phi) is 5.92.